The molecule has 3 aromatic carbocycles. The number of aliphatic carboxylic acids is 1. The van der Waals surface area contributed by atoms with Gasteiger partial charge in [-0.15, -0.1) is 0 Å². The Morgan fingerprint density at radius 2 is 1.36 bits per heavy atom. The number of hydrogen-bond acceptors (Lipinski definition) is 3. The molecule has 4 aromatic rings. The molecule has 0 aliphatic carbocycles. The number of carboxylic acid groups (broad SMARTS) is 1. The van der Waals surface area contributed by atoms with Crippen LogP contribution in [0.2, 0.25) is 0 Å². The fourth-order valence-electron chi connectivity index (χ4n) is 3.56. The van der Waals surface area contributed by atoms with Crippen molar-refractivity contribution in [2.45, 2.75) is 19.1 Å². The minimum absolute atomic E-state index is 0.104. The molecule has 0 radical (unpaired) electrons. The monoisotopic (exact) mass is 373 g/mol. The van der Waals surface area contributed by atoms with E-state index in [1.165, 1.54) is 0 Å². The van der Waals surface area contributed by atoms with E-state index in [0.717, 1.165) is 27.4 Å². The summed E-state index contributed by atoms with van der Waals surface area (Å²) >= 11 is 0. The Labute approximate surface area is 161 Å². The third-order valence-electron chi connectivity index (χ3n) is 4.79. The highest BCUT2D eigenvalue weighted by Crippen LogP contribution is 2.33. The number of benzene rings is 3. The van der Waals surface area contributed by atoms with E-state index in [2.05, 4.69) is 0 Å². The molecular formula is C23H19NO4. The van der Waals surface area contributed by atoms with Gasteiger partial charge in [0.05, 0.1) is 6.42 Å². The first kappa shape index (κ1) is 17.8. The van der Waals surface area contributed by atoms with Gasteiger partial charge in [0.15, 0.2) is 0 Å². The van der Waals surface area contributed by atoms with Gasteiger partial charge in [0.1, 0.15) is 12.6 Å². The molecule has 4 rings (SSSR count). The predicted molar refractivity (Wildman–Crippen MR) is 107 cm³/mol. The maximum absolute atomic E-state index is 12.9. The lowest BCUT2D eigenvalue weighted by Gasteiger charge is -2.18. The highest BCUT2D eigenvalue weighted by atomic mass is 16.5. The van der Waals surface area contributed by atoms with Gasteiger partial charge in [0.2, 0.25) is 0 Å². The quantitative estimate of drug-likeness (QED) is 0.503. The van der Waals surface area contributed by atoms with Crippen LogP contribution in [0.3, 0.4) is 0 Å². The average molecular weight is 373 g/mol. The second kappa shape index (κ2) is 7.56. The van der Waals surface area contributed by atoms with Crippen LogP contribution in [0.25, 0.3) is 21.8 Å². The van der Waals surface area contributed by atoms with Crippen LogP contribution in [0, 0.1) is 0 Å². The molecule has 1 heterocycles. The van der Waals surface area contributed by atoms with Crippen LogP contribution in [-0.2, 0) is 20.9 Å². The lowest BCUT2D eigenvalue weighted by Crippen LogP contribution is -2.24. The molecule has 0 unspecified atom stereocenters. The summed E-state index contributed by atoms with van der Waals surface area (Å²) in [5.74, 6) is -1.61. The number of carboxylic acids is 1. The van der Waals surface area contributed by atoms with Crippen LogP contribution in [-0.4, -0.2) is 21.6 Å². The number of nitrogens with zero attached hydrogens (tertiary/aromatic N) is 1. The summed E-state index contributed by atoms with van der Waals surface area (Å²) in [4.78, 5) is 24.5. The minimum atomic E-state index is -1.05. The fraction of sp³-hybridized carbons (Fsp3) is 0.130. The number of hydrogen-bond donors (Lipinski definition) is 1. The van der Waals surface area contributed by atoms with Crippen LogP contribution < -0.4 is 0 Å². The number of ether oxygens (including phenoxy) is 1. The summed E-state index contributed by atoms with van der Waals surface area (Å²) in [7, 11) is 0. The van der Waals surface area contributed by atoms with Crippen LogP contribution in [0.4, 0.5) is 0 Å². The molecule has 1 N–H and O–H groups in total. The van der Waals surface area contributed by atoms with Crippen molar-refractivity contribution in [3.05, 3.63) is 84.4 Å². The third kappa shape index (κ3) is 3.34. The van der Waals surface area contributed by atoms with Crippen molar-refractivity contribution >= 4 is 33.7 Å². The molecule has 5 nitrogen and oxygen atoms in total. The number of aromatic nitrogens is 1. The summed E-state index contributed by atoms with van der Waals surface area (Å²) in [6.07, 6.45) is -0.351. The lowest BCUT2D eigenvalue weighted by molar-refractivity contribution is -0.153. The molecule has 0 saturated carbocycles. The van der Waals surface area contributed by atoms with E-state index in [0.29, 0.717) is 0 Å². The molecule has 1 atom stereocenters. The zero-order valence-electron chi connectivity index (χ0n) is 15.1. The molecule has 5 heteroatoms. The van der Waals surface area contributed by atoms with Gasteiger partial charge in [-0.05, 0) is 17.7 Å². The lowest BCUT2D eigenvalue weighted by atomic mass is 10.2. The number of fused-ring (bicyclic) bond motifs is 3. The number of esters is 1. The van der Waals surface area contributed by atoms with E-state index < -0.39 is 18.0 Å². The van der Waals surface area contributed by atoms with Crippen molar-refractivity contribution in [1.29, 1.82) is 0 Å². The summed E-state index contributed by atoms with van der Waals surface area (Å²) in [5.41, 5.74) is 2.48. The highest BCUT2D eigenvalue weighted by molar-refractivity contribution is 6.09. The maximum Gasteiger partial charge on any atom is 0.330 e. The molecule has 0 aliphatic heterocycles. The van der Waals surface area contributed by atoms with Crippen molar-refractivity contribution in [2.24, 2.45) is 0 Å². The molecule has 0 amide bonds. The third-order valence-corrected chi connectivity index (χ3v) is 4.79. The first-order valence-electron chi connectivity index (χ1n) is 9.05. The topological polar surface area (TPSA) is 68.5 Å². The summed E-state index contributed by atoms with van der Waals surface area (Å²) < 4.78 is 7.27. The summed E-state index contributed by atoms with van der Waals surface area (Å²) in [6.45, 7) is 0.104. The Balaban J connectivity index is 1.77. The van der Waals surface area contributed by atoms with Gasteiger partial charge in [0, 0.05) is 21.8 Å². The predicted octanol–water partition coefficient (Wildman–Crippen LogP) is 4.55. The van der Waals surface area contributed by atoms with Gasteiger partial charge in [0.25, 0.3) is 0 Å². The SMILES string of the molecule is O=C(O)C[C@@H](C(=O)OCc1ccccc1)n1c2ccccc2c2ccccc21. The van der Waals surface area contributed by atoms with E-state index in [9.17, 15) is 14.7 Å². The van der Waals surface area contributed by atoms with E-state index >= 15 is 0 Å². The van der Waals surface area contributed by atoms with Gasteiger partial charge < -0.3 is 14.4 Å². The number of carbonyl (C=O) groups is 2. The van der Waals surface area contributed by atoms with Gasteiger partial charge in [-0.1, -0.05) is 66.7 Å². The van der Waals surface area contributed by atoms with E-state index in [1.54, 1.807) is 4.57 Å². The van der Waals surface area contributed by atoms with Crippen LogP contribution >= 0.6 is 0 Å². The zero-order valence-corrected chi connectivity index (χ0v) is 15.1. The Kier molecular flexibility index (Phi) is 4.81. The van der Waals surface area contributed by atoms with Crippen LogP contribution in [0.15, 0.2) is 78.9 Å². The Morgan fingerprint density at radius 3 is 1.93 bits per heavy atom. The number of carbonyl (C=O) groups excluding carboxylic acids is 1. The fourth-order valence-corrected chi connectivity index (χ4v) is 3.56. The van der Waals surface area contributed by atoms with Crippen molar-refractivity contribution in [2.75, 3.05) is 0 Å². The second-order valence-corrected chi connectivity index (χ2v) is 6.61. The highest BCUT2D eigenvalue weighted by Gasteiger charge is 2.28. The van der Waals surface area contributed by atoms with E-state index in [-0.39, 0.29) is 13.0 Å². The van der Waals surface area contributed by atoms with Crippen molar-refractivity contribution in [3.63, 3.8) is 0 Å². The summed E-state index contributed by atoms with van der Waals surface area (Å²) in [5, 5.41) is 11.4. The van der Waals surface area contributed by atoms with E-state index in [4.69, 9.17) is 4.74 Å². The number of rotatable bonds is 6. The molecular weight excluding hydrogens is 354 g/mol. The molecule has 0 saturated heterocycles. The Morgan fingerprint density at radius 1 is 0.821 bits per heavy atom. The summed E-state index contributed by atoms with van der Waals surface area (Å²) in [6, 6.07) is 23.7. The van der Waals surface area contributed by atoms with Gasteiger partial charge in [-0.2, -0.15) is 0 Å². The molecule has 0 fully saturated rings. The molecule has 28 heavy (non-hydrogen) atoms. The van der Waals surface area contributed by atoms with Gasteiger partial charge in [-0.3, -0.25) is 4.79 Å². The first-order valence-corrected chi connectivity index (χ1v) is 9.05. The largest absolute Gasteiger partial charge is 0.481 e. The van der Waals surface area contributed by atoms with Crippen molar-refractivity contribution in [3.8, 4) is 0 Å². The normalized spacial score (nSPS) is 12.1. The maximum atomic E-state index is 12.9. The standard InChI is InChI=1S/C23H19NO4/c25-22(26)14-21(23(27)28-15-16-8-2-1-3-9-16)24-19-12-6-4-10-17(19)18-11-5-7-13-20(18)24/h1-13,21H,14-15H2,(H,25,26)/t21-/m0/s1. The second-order valence-electron chi connectivity index (χ2n) is 6.61. The molecule has 140 valence electrons. The van der Waals surface area contributed by atoms with Crippen LogP contribution in [0.1, 0.15) is 18.0 Å². The molecule has 1 aromatic heterocycles. The van der Waals surface area contributed by atoms with Crippen molar-refractivity contribution in [1.82, 2.24) is 4.57 Å². The molecule has 0 aliphatic rings. The number of para-hydroxylation sites is 2. The zero-order chi connectivity index (χ0) is 19.5. The van der Waals surface area contributed by atoms with E-state index in [1.807, 2.05) is 78.9 Å². The smallest absolute Gasteiger partial charge is 0.330 e. The van der Waals surface area contributed by atoms with Gasteiger partial charge >= 0.3 is 11.9 Å². The Bertz CT molecular complexity index is 1090. The molecule has 0 bridgehead atoms. The Hall–Kier alpha value is -3.60. The van der Waals surface area contributed by atoms with Crippen LogP contribution in [0.5, 0.6) is 0 Å². The van der Waals surface area contributed by atoms with Crippen molar-refractivity contribution < 1.29 is 19.4 Å². The first-order chi connectivity index (χ1) is 13.6. The average Bonchev–Trinajstić information content (AvgIpc) is 3.05. The van der Waals surface area contributed by atoms with Gasteiger partial charge in [-0.25, -0.2) is 4.79 Å². The minimum Gasteiger partial charge on any atom is -0.481 e. The molecule has 0 spiro atoms.